The van der Waals surface area contributed by atoms with Gasteiger partial charge in [0.05, 0.1) is 15.5 Å². The molecule has 4 rings (SSSR count). The summed E-state index contributed by atoms with van der Waals surface area (Å²) >= 11 is 6.33. The molecule has 1 aliphatic heterocycles. The van der Waals surface area contributed by atoms with Crippen molar-refractivity contribution in [2.45, 2.75) is 68.7 Å². The molecule has 1 aliphatic carbocycles. The Kier molecular flexibility index (Phi) is 6.37. The lowest BCUT2D eigenvalue weighted by atomic mass is 9.88. The van der Waals surface area contributed by atoms with Crippen LogP contribution >= 0.6 is 11.6 Å². The largest absolute Gasteiger partial charge is 0.340 e. The average Bonchev–Trinajstić information content (AvgIpc) is 3.38. The highest BCUT2D eigenvalue weighted by atomic mass is 35.5. The summed E-state index contributed by atoms with van der Waals surface area (Å²) < 4.78 is 32.6. The van der Waals surface area contributed by atoms with Gasteiger partial charge in [0.2, 0.25) is 15.9 Å². The maximum absolute atomic E-state index is 13.3. The van der Waals surface area contributed by atoms with Gasteiger partial charge in [-0.1, -0.05) is 42.4 Å². The summed E-state index contributed by atoms with van der Waals surface area (Å²) in [5.74, 6) is 0.453. The van der Waals surface area contributed by atoms with Crippen LogP contribution in [0.1, 0.15) is 73.4 Å². The van der Waals surface area contributed by atoms with E-state index in [1.165, 1.54) is 22.5 Å². The molecule has 0 bridgehead atoms. The highest BCUT2D eigenvalue weighted by Gasteiger charge is 2.39. The van der Waals surface area contributed by atoms with Gasteiger partial charge in [-0.15, -0.1) is 0 Å². The number of aryl methyl sites for hydroxylation is 1. The Balaban J connectivity index is 1.66. The first kappa shape index (κ1) is 22.2. The van der Waals surface area contributed by atoms with E-state index in [1.54, 1.807) is 6.92 Å². The van der Waals surface area contributed by atoms with Crippen LogP contribution in [-0.4, -0.2) is 41.9 Å². The molecule has 2 aromatic rings. The maximum Gasteiger partial charge on any atom is 0.253 e. The molecule has 2 heterocycles. The molecule has 1 aromatic carbocycles. The number of carbonyl (C=O) groups excluding carboxylic acids is 1. The van der Waals surface area contributed by atoms with Crippen LogP contribution in [0.2, 0.25) is 5.02 Å². The van der Waals surface area contributed by atoms with Crippen LogP contribution in [0.25, 0.3) is 0 Å². The molecule has 8 nitrogen and oxygen atoms in total. The molecule has 10 heteroatoms. The third-order valence-electron chi connectivity index (χ3n) is 6.15. The van der Waals surface area contributed by atoms with Crippen molar-refractivity contribution in [2.24, 2.45) is 0 Å². The van der Waals surface area contributed by atoms with Crippen LogP contribution < -0.4 is 5.32 Å². The second-order valence-electron chi connectivity index (χ2n) is 8.34. The first-order chi connectivity index (χ1) is 14.8. The zero-order chi connectivity index (χ0) is 22.1. The summed E-state index contributed by atoms with van der Waals surface area (Å²) in [5.41, 5.74) is -0.635. The van der Waals surface area contributed by atoms with E-state index in [0.29, 0.717) is 37.6 Å². The Morgan fingerprint density at radius 1 is 1.13 bits per heavy atom. The van der Waals surface area contributed by atoms with Gasteiger partial charge in [-0.25, -0.2) is 8.42 Å². The minimum atomic E-state index is -3.66. The van der Waals surface area contributed by atoms with Gasteiger partial charge < -0.3 is 9.84 Å². The van der Waals surface area contributed by atoms with Crippen molar-refractivity contribution in [3.63, 3.8) is 0 Å². The number of nitrogens with one attached hydrogen (secondary N) is 1. The van der Waals surface area contributed by atoms with Crippen LogP contribution in [0.3, 0.4) is 0 Å². The Labute approximate surface area is 187 Å². The van der Waals surface area contributed by atoms with E-state index >= 15 is 0 Å². The second-order valence-corrected chi connectivity index (χ2v) is 10.7. The number of benzene rings is 1. The number of amides is 1. The maximum atomic E-state index is 13.3. The van der Waals surface area contributed by atoms with E-state index in [1.807, 2.05) is 0 Å². The summed E-state index contributed by atoms with van der Waals surface area (Å²) in [4.78, 5) is 17.8. The molecule has 0 radical (unpaired) electrons. The molecule has 2 aliphatic rings. The van der Waals surface area contributed by atoms with Crippen molar-refractivity contribution in [3.05, 3.63) is 40.5 Å². The minimum Gasteiger partial charge on any atom is -0.340 e. The van der Waals surface area contributed by atoms with Crippen molar-refractivity contribution in [1.82, 2.24) is 19.8 Å². The van der Waals surface area contributed by atoms with Crippen molar-refractivity contribution in [1.29, 1.82) is 0 Å². The number of nitrogens with zero attached hydrogens (tertiary/aromatic N) is 3. The third kappa shape index (κ3) is 4.49. The Bertz CT molecular complexity index is 1060. The molecular formula is C21H27ClN4O4S. The molecule has 1 aromatic heterocycles. The van der Waals surface area contributed by atoms with Gasteiger partial charge in [0.1, 0.15) is 5.54 Å². The number of hydrogen-bond acceptors (Lipinski definition) is 6. The number of halogens is 1. The monoisotopic (exact) mass is 466 g/mol. The van der Waals surface area contributed by atoms with E-state index in [2.05, 4.69) is 15.5 Å². The third-order valence-corrected chi connectivity index (χ3v) is 8.38. The fourth-order valence-corrected chi connectivity index (χ4v) is 6.18. The van der Waals surface area contributed by atoms with Gasteiger partial charge in [-0.3, -0.25) is 4.79 Å². The van der Waals surface area contributed by atoms with Crippen LogP contribution in [0, 0.1) is 6.92 Å². The lowest BCUT2D eigenvalue weighted by molar-refractivity contribution is 0.0876. The number of sulfonamides is 1. The summed E-state index contributed by atoms with van der Waals surface area (Å²) in [6.07, 6.45) is 7.02. The van der Waals surface area contributed by atoms with Crippen LogP contribution in [0.4, 0.5) is 0 Å². The predicted molar refractivity (Wildman–Crippen MR) is 115 cm³/mol. The zero-order valence-corrected chi connectivity index (χ0v) is 19.1. The van der Waals surface area contributed by atoms with Gasteiger partial charge in [0, 0.05) is 20.0 Å². The lowest BCUT2D eigenvalue weighted by Crippen LogP contribution is -2.46. The van der Waals surface area contributed by atoms with Crippen molar-refractivity contribution in [2.75, 3.05) is 13.1 Å². The molecule has 0 unspecified atom stereocenters. The Morgan fingerprint density at radius 2 is 1.81 bits per heavy atom. The number of hydrogen-bond donors (Lipinski definition) is 1. The van der Waals surface area contributed by atoms with Crippen LogP contribution in [0.15, 0.2) is 27.6 Å². The lowest BCUT2D eigenvalue weighted by Gasteiger charge is -2.31. The summed E-state index contributed by atoms with van der Waals surface area (Å²) in [5, 5.41) is 7.39. The quantitative estimate of drug-likeness (QED) is 0.672. The minimum absolute atomic E-state index is 0.0780. The molecule has 1 N–H and O–H groups in total. The van der Waals surface area contributed by atoms with Crippen molar-refractivity contribution in [3.8, 4) is 0 Å². The van der Waals surface area contributed by atoms with Gasteiger partial charge in [0.25, 0.3) is 5.91 Å². The Hall–Kier alpha value is -1.97. The van der Waals surface area contributed by atoms with E-state index in [9.17, 15) is 13.2 Å². The molecule has 1 amide bonds. The smallest absolute Gasteiger partial charge is 0.253 e. The molecule has 0 spiro atoms. The fourth-order valence-electron chi connectivity index (χ4n) is 4.43. The summed E-state index contributed by atoms with van der Waals surface area (Å²) in [6, 6.07) is 4.30. The fraction of sp³-hybridized carbons (Fsp3) is 0.571. The molecular weight excluding hydrogens is 440 g/mol. The van der Waals surface area contributed by atoms with Crippen LogP contribution in [0.5, 0.6) is 0 Å². The predicted octanol–water partition coefficient (Wildman–Crippen LogP) is 3.80. The molecule has 168 valence electrons. The average molecular weight is 467 g/mol. The molecule has 2 fully saturated rings. The summed E-state index contributed by atoms with van der Waals surface area (Å²) in [7, 11) is -3.66. The summed E-state index contributed by atoms with van der Waals surface area (Å²) in [6.45, 7) is 2.70. The topological polar surface area (TPSA) is 105 Å². The van der Waals surface area contributed by atoms with Crippen molar-refractivity contribution < 1.29 is 17.7 Å². The van der Waals surface area contributed by atoms with Gasteiger partial charge in [-0.05, 0) is 43.9 Å². The van der Waals surface area contributed by atoms with Gasteiger partial charge in [-0.2, -0.15) is 9.29 Å². The van der Waals surface area contributed by atoms with E-state index in [0.717, 1.165) is 38.5 Å². The molecule has 31 heavy (non-hydrogen) atoms. The number of aromatic nitrogens is 2. The zero-order valence-electron chi connectivity index (χ0n) is 17.6. The highest BCUT2D eigenvalue weighted by molar-refractivity contribution is 7.89. The second kappa shape index (κ2) is 8.88. The first-order valence-electron chi connectivity index (χ1n) is 10.7. The molecule has 0 atom stereocenters. The van der Waals surface area contributed by atoms with Gasteiger partial charge in [0.15, 0.2) is 5.82 Å². The van der Waals surface area contributed by atoms with E-state index in [-0.39, 0.29) is 15.5 Å². The normalized spacial score (nSPS) is 19.8. The van der Waals surface area contributed by atoms with Crippen LogP contribution in [-0.2, 0) is 15.6 Å². The van der Waals surface area contributed by atoms with E-state index < -0.39 is 21.5 Å². The Morgan fingerprint density at radius 3 is 2.42 bits per heavy atom. The standard InChI is InChI=1S/C21H27ClN4O4S/c1-15-23-20(25-30-15)21(10-4-2-3-5-11-21)24-19(27)17-14-16(8-9-18(17)22)31(28,29)26-12-6-7-13-26/h8-9,14H,2-7,10-13H2,1H3,(H,24,27). The number of rotatable bonds is 5. The van der Waals surface area contributed by atoms with Crippen molar-refractivity contribution >= 4 is 27.5 Å². The molecule has 1 saturated carbocycles. The first-order valence-corrected chi connectivity index (χ1v) is 12.6. The van der Waals surface area contributed by atoms with E-state index in [4.69, 9.17) is 16.1 Å². The number of carbonyl (C=O) groups is 1. The van der Waals surface area contributed by atoms with Gasteiger partial charge >= 0.3 is 0 Å². The SMILES string of the molecule is Cc1nc(C2(NC(=O)c3cc(S(=O)(=O)N4CCCC4)ccc3Cl)CCCCCC2)no1. The molecule has 1 saturated heterocycles. The highest BCUT2D eigenvalue weighted by Crippen LogP contribution is 2.35.